The fraction of sp³-hybridized carbons (Fsp3) is 0.467. The van der Waals surface area contributed by atoms with Crippen LogP contribution in [0.5, 0.6) is 0 Å². The molecule has 0 unspecified atom stereocenters. The second kappa shape index (κ2) is 7.56. The summed E-state index contributed by atoms with van der Waals surface area (Å²) in [6, 6.07) is 7.65. The van der Waals surface area contributed by atoms with Crippen molar-refractivity contribution in [2.45, 2.75) is 39.5 Å². The Morgan fingerprint density at radius 1 is 1.21 bits per heavy atom. The summed E-state index contributed by atoms with van der Waals surface area (Å²) < 4.78 is 4.83. The topological polar surface area (TPSA) is 55.4 Å². The predicted molar refractivity (Wildman–Crippen MR) is 75.0 cm³/mol. The Morgan fingerprint density at radius 3 is 2.37 bits per heavy atom. The van der Waals surface area contributed by atoms with Crippen LogP contribution >= 0.6 is 0 Å². The van der Waals surface area contributed by atoms with Gasteiger partial charge in [-0.3, -0.25) is 9.59 Å². The molecule has 1 aromatic carbocycles. The largest absolute Gasteiger partial charge is 0.456 e. The number of carbonyl (C=O) groups excluding carboxylic acids is 2. The number of nitrogens with one attached hydrogen (secondary N) is 1. The molecule has 4 nitrogen and oxygen atoms in total. The summed E-state index contributed by atoms with van der Waals surface area (Å²) in [7, 11) is 0. The van der Waals surface area contributed by atoms with Crippen molar-refractivity contribution >= 4 is 17.6 Å². The molecule has 0 saturated heterocycles. The summed E-state index contributed by atoms with van der Waals surface area (Å²) in [6.45, 7) is 5.88. The quantitative estimate of drug-likeness (QED) is 0.802. The molecule has 0 heterocycles. The second-order valence-electron chi connectivity index (χ2n) is 4.74. The minimum atomic E-state index is -0.340. The van der Waals surface area contributed by atoms with Gasteiger partial charge in [0, 0.05) is 12.1 Å². The lowest BCUT2D eigenvalue weighted by Crippen LogP contribution is -2.20. The van der Waals surface area contributed by atoms with Gasteiger partial charge in [-0.2, -0.15) is 0 Å². The van der Waals surface area contributed by atoms with Gasteiger partial charge in [-0.1, -0.05) is 32.9 Å². The van der Waals surface area contributed by atoms with E-state index in [2.05, 4.69) is 19.2 Å². The highest BCUT2D eigenvalue weighted by molar-refractivity contribution is 5.92. The summed E-state index contributed by atoms with van der Waals surface area (Å²) in [6.07, 6.45) is 1.06. The summed E-state index contributed by atoms with van der Waals surface area (Å²) in [5, 5.41) is 2.69. The van der Waals surface area contributed by atoms with Crippen LogP contribution in [0.3, 0.4) is 0 Å². The third-order valence-corrected chi connectivity index (χ3v) is 2.68. The molecule has 1 aromatic rings. The lowest BCUT2D eigenvalue weighted by atomic mass is 10.0. The van der Waals surface area contributed by atoms with Crippen molar-refractivity contribution in [1.82, 2.24) is 0 Å². The van der Waals surface area contributed by atoms with Crippen molar-refractivity contribution in [1.29, 1.82) is 0 Å². The number of anilines is 1. The monoisotopic (exact) mass is 263 g/mol. The van der Waals surface area contributed by atoms with Gasteiger partial charge in [0.25, 0.3) is 5.91 Å². The minimum Gasteiger partial charge on any atom is -0.456 e. The van der Waals surface area contributed by atoms with Crippen LogP contribution in [-0.4, -0.2) is 18.5 Å². The van der Waals surface area contributed by atoms with Gasteiger partial charge in [0.2, 0.25) is 0 Å². The highest BCUT2D eigenvalue weighted by Crippen LogP contribution is 2.16. The first-order valence-corrected chi connectivity index (χ1v) is 6.58. The van der Waals surface area contributed by atoms with Crippen molar-refractivity contribution in [2.24, 2.45) is 0 Å². The maximum atomic E-state index is 11.6. The van der Waals surface area contributed by atoms with E-state index in [9.17, 15) is 9.59 Å². The van der Waals surface area contributed by atoms with Crippen LogP contribution in [0.2, 0.25) is 0 Å². The van der Waals surface area contributed by atoms with Crippen LogP contribution in [0.1, 0.15) is 45.1 Å². The minimum absolute atomic E-state index is 0.231. The van der Waals surface area contributed by atoms with E-state index in [1.54, 1.807) is 0 Å². The zero-order valence-electron chi connectivity index (χ0n) is 11.7. The average molecular weight is 263 g/mol. The van der Waals surface area contributed by atoms with Gasteiger partial charge >= 0.3 is 5.97 Å². The number of hydrogen-bond acceptors (Lipinski definition) is 3. The molecule has 19 heavy (non-hydrogen) atoms. The maximum absolute atomic E-state index is 11.6. The Morgan fingerprint density at radius 2 is 1.84 bits per heavy atom. The molecule has 0 atom stereocenters. The van der Waals surface area contributed by atoms with Gasteiger partial charge in [0.15, 0.2) is 6.61 Å². The zero-order valence-corrected chi connectivity index (χ0v) is 11.7. The van der Waals surface area contributed by atoms with Crippen LogP contribution in [0.15, 0.2) is 24.3 Å². The summed E-state index contributed by atoms with van der Waals surface area (Å²) in [5.74, 6) is -0.200. The normalized spacial score (nSPS) is 10.3. The van der Waals surface area contributed by atoms with Crippen LogP contribution in [0.4, 0.5) is 5.69 Å². The number of carbonyl (C=O) groups is 2. The standard InChI is InChI=1S/C15H21NO3/c1-4-5-15(18)19-10-14(17)16-13-8-6-12(7-9-13)11(2)3/h6-9,11H,4-5,10H2,1-3H3,(H,16,17). The summed E-state index contributed by atoms with van der Waals surface area (Å²) in [4.78, 5) is 22.7. The molecule has 0 aliphatic carbocycles. The third-order valence-electron chi connectivity index (χ3n) is 2.68. The van der Waals surface area contributed by atoms with Crippen molar-refractivity contribution in [3.63, 3.8) is 0 Å². The lowest BCUT2D eigenvalue weighted by molar-refractivity contribution is -0.147. The number of benzene rings is 1. The first kappa shape index (κ1) is 15.2. The molecule has 0 radical (unpaired) electrons. The number of ether oxygens (including phenoxy) is 1. The molecule has 0 aromatic heterocycles. The highest BCUT2D eigenvalue weighted by atomic mass is 16.5. The molecule has 1 N–H and O–H groups in total. The SMILES string of the molecule is CCCC(=O)OCC(=O)Nc1ccc(C(C)C)cc1. The Kier molecular flexibility index (Phi) is 6.06. The first-order valence-electron chi connectivity index (χ1n) is 6.58. The Hall–Kier alpha value is -1.84. The number of hydrogen-bond donors (Lipinski definition) is 1. The molecule has 0 aliphatic heterocycles. The fourth-order valence-electron chi connectivity index (χ4n) is 1.57. The second-order valence-corrected chi connectivity index (χ2v) is 4.74. The van der Waals surface area contributed by atoms with Gasteiger partial charge in [-0.25, -0.2) is 0 Å². The van der Waals surface area contributed by atoms with E-state index in [-0.39, 0.29) is 18.5 Å². The smallest absolute Gasteiger partial charge is 0.306 e. The molecular formula is C15H21NO3. The fourth-order valence-corrected chi connectivity index (χ4v) is 1.57. The number of amides is 1. The van der Waals surface area contributed by atoms with Crippen LogP contribution in [0, 0.1) is 0 Å². The Bertz CT molecular complexity index is 424. The average Bonchev–Trinajstić information content (AvgIpc) is 2.37. The number of esters is 1. The molecule has 0 bridgehead atoms. The molecule has 0 fully saturated rings. The van der Waals surface area contributed by atoms with Crippen molar-refractivity contribution in [3.05, 3.63) is 29.8 Å². The zero-order chi connectivity index (χ0) is 14.3. The molecule has 104 valence electrons. The van der Waals surface area contributed by atoms with Gasteiger partial charge in [0.05, 0.1) is 0 Å². The third kappa shape index (κ3) is 5.55. The molecular weight excluding hydrogens is 242 g/mol. The predicted octanol–water partition coefficient (Wildman–Crippen LogP) is 3.09. The Labute approximate surface area is 114 Å². The van der Waals surface area contributed by atoms with Crippen LogP contribution in [0.25, 0.3) is 0 Å². The van der Waals surface area contributed by atoms with E-state index in [1.807, 2.05) is 31.2 Å². The van der Waals surface area contributed by atoms with Crippen molar-refractivity contribution < 1.29 is 14.3 Å². The van der Waals surface area contributed by atoms with Gasteiger partial charge < -0.3 is 10.1 Å². The molecule has 0 spiro atoms. The Balaban J connectivity index is 2.42. The maximum Gasteiger partial charge on any atom is 0.306 e. The molecule has 0 aliphatic rings. The van der Waals surface area contributed by atoms with Crippen molar-refractivity contribution in [2.75, 3.05) is 11.9 Å². The molecule has 4 heteroatoms. The van der Waals surface area contributed by atoms with E-state index in [0.29, 0.717) is 18.0 Å². The number of rotatable bonds is 6. The van der Waals surface area contributed by atoms with Gasteiger partial charge in [-0.15, -0.1) is 0 Å². The van der Waals surface area contributed by atoms with Gasteiger partial charge in [0.1, 0.15) is 0 Å². The van der Waals surface area contributed by atoms with Crippen LogP contribution < -0.4 is 5.32 Å². The molecule has 1 amide bonds. The van der Waals surface area contributed by atoms with E-state index in [0.717, 1.165) is 6.42 Å². The van der Waals surface area contributed by atoms with E-state index in [1.165, 1.54) is 5.56 Å². The van der Waals surface area contributed by atoms with Gasteiger partial charge in [-0.05, 0) is 30.0 Å². The summed E-state index contributed by atoms with van der Waals surface area (Å²) in [5.41, 5.74) is 1.92. The van der Waals surface area contributed by atoms with E-state index in [4.69, 9.17) is 4.74 Å². The molecule has 0 saturated carbocycles. The highest BCUT2D eigenvalue weighted by Gasteiger charge is 2.07. The van der Waals surface area contributed by atoms with Crippen LogP contribution in [-0.2, 0) is 14.3 Å². The summed E-state index contributed by atoms with van der Waals surface area (Å²) >= 11 is 0. The molecule has 1 rings (SSSR count). The van der Waals surface area contributed by atoms with E-state index >= 15 is 0 Å². The first-order chi connectivity index (χ1) is 9.02. The lowest BCUT2D eigenvalue weighted by Gasteiger charge is -2.08. The van der Waals surface area contributed by atoms with E-state index < -0.39 is 0 Å². The van der Waals surface area contributed by atoms with Crippen molar-refractivity contribution in [3.8, 4) is 0 Å².